The van der Waals surface area contributed by atoms with Gasteiger partial charge < -0.3 is 24.8 Å². The minimum Gasteiger partial charge on any atom is -1.00 e. The molecule has 0 saturated carbocycles. The van der Waals surface area contributed by atoms with Crippen LogP contribution in [-0.4, -0.2) is 0 Å². The van der Waals surface area contributed by atoms with Gasteiger partial charge in [0, 0.05) is 0 Å². The van der Waals surface area contributed by atoms with Gasteiger partial charge in [-0.2, -0.15) is 0 Å². The molecule has 0 N–H and O–H groups in total. The predicted molar refractivity (Wildman–Crippen MR) is 67.1 cm³/mol. The molecule has 0 aromatic rings. The summed E-state index contributed by atoms with van der Waals surface area (Å²) >= 11 is -0.566. The Morgan fingerprint density at radius 1 is 0.944 bits per heavy atom. The fourth-order valence-corrected chi connectivity index (χ4v) is 8.04. The van der Waals surface area contributed by atoms with Gasteiger partial charge >= 0.3 is 111 Å². The van der Waals surface area contributed by atoms with Crippen LogP contribution in [0.5, 0.6) is 0 Å². The van der Waals surface area contributed by atoms with Crippen LogP contribution in [0.2, 0.25) is 6.25 Å². The molecular formula is C15H20Cl2Zr. The molecule has 2 unspecified atom stereocenters. The normalized spacial score (nSPS) is 32.8. The quantitative estimate of drug-likeness (QED) is 0.583. The first kappa shape index (κ1) is 18.4. The maximum atomic E-state index is 2.50. The van der Waals surface area contributed by atoms with Gasteiger partial charge in [-0.15, -0.1) is 0 Å². The molecule has 18 heavy (non-hydrogen) atoms. The monoisotopic (exact) mass is 360 g/mol. The smallest absolute Gasteiger partial charge is 1.00 e. The summed E-state index contributed by atoms with van der Waals surface area (Å²) in [6.07, 6.45) is 12.0. The van der Waals surface area contributed by atoms with Gasteiger partial charge in [0.2, 0.25) is 0 Å². The molecule has 2 aliphatic carbocycles. The van der Waals surface area contributed by atoms with Crippen molar-refractivity contribution in [2.45, 2.75) is 40.9 Å². The standard InChI is InChI=1S/C8H11.C7H9.2ClH.Zr/c1-6-4-7(2)8(3)5-6;1-6-3-4-7(2)5-6;;;/h4-5H,1-3H3;3-5H,1-2H3;2*1H;/q;;;;+2/p-2. The molecule has 0 fully saturated rings. The van der Waals surface area contributed by atoms with E-state index in [0.717, 1.165) is 0 Å². The first-order valence-electron chi connectivity index (χ1n) is 5.89. The van der Waals surface area contributed by atoms with E-state index in [-0.39, 0.29) is 24.8 Å². The summed E-state index contributed by atoms with van der Waals surface area (Å²) in [5, 5.41) is 0. The van der Waals surface area contributed by atoms with Crippen LogP contribution in [0, 0.1) is 0 Å². The molecule has 2 rings (SSSR count). The first-order chi connectivity index (χ1) is 7.33. The second-order valence-corrected chi connectivity index (χ2v) is 11.4. The summed E-state index contributed by atoms with van der Waals surface area (Å²) in [4.78, 5) is 0. The molecule has 0 bridgehead atoms. The van der Waals surface area contributed by atoms with Gasteiger partial charge in [0.05, 0.1) is 0 Å². The van der Waals surface area contributed by atoms with Crippen molar-refractivity contribution in [3.8, 4) is 0 Å². The molecule has 0 aromatic heterocycles. The largest absolute Gasteiger partial charge is 1.00 e. The minimum absolute atomic E-state index is 0. The van der Waals surface area contributed by atoms with Gasteiger partial charge in [-0.1, -0.05) is 0 Å². The second kappa shape index (κ2) is 6.25. The Morgan fingerprint density at radius 3 is 1.94 bits per heavy atom. The van der Waals surface area contributed by atoms with Crippen LogP contribution in [0.15, 0.2) is 47.1 Å². The maximum Gasteiger partial charge on any atom is -1.00 e. The molecule has 2 aliphatic rings. The Labute approximate surface area is 135 Å². The number of allylic oxidation sites excluding steroid dienone is 8. The zero-order valence-electron chi connectivity index (χ0n) is 11.6. The van der Waals surface area contributed by atoms with Gasteiger partial charge in [0.1, 0.15) is 0 Å². The molecule has 0 amide bonds. The van der Waals surface area contributed by atoms with E-state index in [1.165, 1.54) is 11.1 Å². The average Bonchev–Trinajstić information content (AvgIpc) is 2.55. The molecule has 0 nitrogen and oxygen atoms in total. The predicted octanol–water partition coefficient (Wildman–Crippen LogP) is -1.14. The molecule has 3 heteroatoms. The molecule has 0 aromatic carbocycles. The SMILES string of the molecule is CC1=C[C](C)([Zr+2][C]2(C)C=C(C)C=C2C)C=C1.[Cl-].[Cl-]. The van der Waals surface area contributed by atoms with Crippen LogP contribution in [0.3, 0.4) is 0 Å². The molecule has 0 spiro atoms. The Bertz CT molecular complexity index is 445. The van der Waals surface area contributed by atoms with Gasteiger partial charge in [-0.05, 0) is 0 Å². The van der Waals surface area contributed by atoms with E-state index in [4.69, 9.17) is 0 Å². The van der Waals surface area contributed by atoms with E-state index in [1.807, 2.05) is 0 Å². The van der Waals surface area contributed by atoms with Crippen molar-refractivity contribution in [1.82, 2.24) is 0 Å². The van der Waals surface area contributed by atoms with Crippen molar-refractivity contribution in [3.63, 3.8) is 0 Å². The third-order valence-corrected chi connectivity index (χ3v) is 8.22. The fraction of sp³-hybridized carbons (Fsp3) is 0.467. The Kier molecular flexibility index (Phi) is 6.40. The molecule has 0 saturated heterocycles. The van der Waals surface area contributed by atoms with E-state index >= 15 is 0 Å². The summed E-state index contributed by atoms with van der Waals surface area (Å²) in [6, 6.07) is 0. The van der Waals surface area contributed by atoms with E-state index in [1.54, 1.807) is 5.57 Å². The fourth-order valence-electron chi connectivity index (χ4n) is 2.75. The zero-order chi connectivity index (χ0) is 12.0. The Balaban J connectivity index is 0.00000144. The van der Waals surface area contributed by atoms with Crippen LogP contribution < -0.4 is 24.8 Å². The average molecular weight is 362 g/mol. The maximum absolute atomic E-state index is 2.50. The van der Waals surface area contributed by atoms with Crippen LogP contribution in [-0.2, 0) is 23.2 Å². The van der Waals surface area contributed by atoms with Crippen molar-refractivity contribution < 1.29 is 48.0 Å². The molecule has 0 heterocycles. The van der Waals surface area contributed by atoms with E-state index < -0.39 is 23.2 Å². The topological polar surface area (TPSA) is 0 Å². The second-order valence-electron chi connectivity index (χ2n) is 5.55. The van der Waals surface area contributed by atoms with Crippen LogP contribution in [0.25, 0.3) is 0 Å². The van der Waals surface area contributed by atoms with Crippen LogP contribution in [0.1, 0.15) is 34.6 Å². The summed E-state index contributed by atoms with van der Waals surface area (Å²) in [5.41, 5.74) is 4.46. The third-order valence-electron chi connectivity index (χ3n) is 3.53. The molecule has 0 aliphatic heterocycles. The van der Waals surface area contributed by atoms with E-state index in [0.29, 0.717) is 6.25 Å². The van der Waals surface area contributed by atoms with Gasteiger partial charge in [-0.25, -0.2) is 0 Å². The molecule has 0 radical (unpaired) electrons. The van der Waals surface area contributed by atoms with E-state index in [9.17, 15) is 0 Å². The summed E-state index contributed by atoms with van der Waals surface area (Å²) in [5.74, 6) is 0. The van der Waals surface area contributed by atoms with Crippen LogP contribution >= 0.6 is 0 Å². The summed E-state index contributed by atoms with van der Waals surface area (Å²) in [6.45, 7) is 11.6. The molecule has 2 atom stereocenters. The van der Waals surface area contributed by atoms with Crippen molar-refractivity contribution in [1.29, 1.82) is 0 Å². The van der Waals surface area contributed by atoms with Gasteiger partial charge in [0.15, 0.2) is 0 Å². The first-order valence-corrected chi connectivity index (χ1v) is 8.35. The summed E-state index contributed by atoms with van der Waals surface area (Å²) in [7, 11) is 0. The van der Waals surface area contributed by atoms with Crippen molar-refractivity contribution in [2.24, 2.45) is 0 Å². The van der Waals surface area contributed by atoms with Crippen molar-refractivity contribution in [2.75, 3.05) is 0 Å². The van der Waals surface area contributed by atoms with Crippen molar-refractivity contribution >= 4 is 0 Å². The summed E-state index contributed by atoms with van der Waals surface area (Å²) < 4.78 is 0.812. The number of rotatable bonds is 2. The third kappa shape index (κ3) is 3.72. The molecular weight excluding hydrogens is 342 g/mol. The number of hydrogen-bond acceptors (Lipinski definition) is 0. The van der Waals surface area contributed by atoms with E-state index in [2.05, 4.69) is 65.0 Å². The van der Waals surface area contributed by atoms with Gasteiger partial charge in [-0.3, -0.25) is 0 Å². The van der Waals surface area contributed by atoms with Gasteiger partial charge in [0.25, 0.3) is 0 Å². The Hall–Kier alpha value is 0.423. The zero-order valence-corrected chi connectivity index (χ0v) is 15.6. The number of hydrogen-bond donors (Lipinski definition) is 0. The van der Waals surface area contributed by atoms with Crippen LogP contribution in [0.4, 0.5) is 0 Å². The minimum atomic E-state index is -0.566. The number of halogens is 2. The Morgan fingerprint density at radius 2 is 1.56 bits per heavy atom. The van der Waals surface area contributed by atoms with Crippen molar-refractivity contribution in [3.05, 3.63) is 47.1 Å². The molecule has 98 valence electrons.